The number of thiazole rings is 1. The fourth-order valence-corrected chi connectivity index (χ4v) is 9.37. The van der Waals surface area contributed by atoms with Crippen LogP contribution in [0.1, 0.15) is 80.6 Å². The van der Waals surface area contributed by atoms with Gasteiger partial charge >= 0.3 is 0 Å². The van der Waals surface area contributed by atoms with E-state index < -0.39 is 23.6 Å². The summed E-state index contributed by atoms with van der Waals surface area (Å²) in [5.41, 5.74) is 8.39. The first-order chi connectivity index (χ1) is 28.8. The first-order valence-corrected chi connectivity index (χ1v) is 21.4. The minimum atomic E-state index is -0.844. The van der Waals surface area contributed by atoms with Crippen molar-refractivity contribution in [1.29, 1.82) is 0 Å². The number of benzene rings is 2. The summed E-state index contributed by atoms with van der Waals surface area (Å²) in [5.74, 6) is -0.335. The first-order valence-electron chi connectivity index (χ1n) is 20.5. The van der Waals surface area contributed by atoms with Crippen LogP contribution < -0.4 is 10.1 Å². The topological polar surface area (TPSA) is 183 Å². The lowest BCUT2D eigenvalue weighted by Crippen LogP contribution is -2.52. The zero-order valence-electron chi connectivity index (χ0n) is 34.8. The van der Waals surface area contributed by atoms with E-state index in [0.717, 1.165) is 70.0 Å². The van der Waals surface area contributed by atoms with Gasteiger partial charge in [0.2, 0.25) is 11.8 Å². The van der Waals surface area contributed by atoms with Gasteiger partial charge in [-0.25, -0.2) is 4.98 Å². The second-order valence-corrected chi connectivity index (χ2v) is 17.8. The van der Waals surface area contributed by atoms with Crippen LogP contribution in [0.15, 0.2) is 70.7 Å². The van der Waals surface area contributed by atoms with Crippen LogP contribution in [0.3, 0.4) is 0 Å². The number of hydrogen-bond donors (Lipinski definition) is 4. The van der Waals surface area contributed by atoms with Gasteiger partial charge in [0, 0.05) is 61.2 Å². The summed E-state index contributed by atoms with van der Waals surface area (Å²) in [5, 5.41) is 38.1. The van der Waals surface area contributed by atoms with Gasteiger partial charge in [0.1, 0.15) is 17.7 Å². The number of phenols is 1. The number of nitrogens with zero attached hydrogens (tertiary/aromatic N) is 6. The highest BCUT2D eigenvalue weighted by Gasteiger charge is 2.44. The Morgan fingerprint density at radius 1 is 1.07 bits per heavy atom. The van der Waals surface area contributed by atoms with Crippen LogP contribution in [-0.2, 0) is 15.1 Å². The molecule has 0 saturated carbocycles. The molecule has 8 rings (SSSR count). The summed E-state index contributed by atoms with van der Waals surface area (Å²) in [6.07, 6.45) is 0.0858. The summed E-state index contributed by atoms with van der Waals surface area (Å²) in [7, 11) is 0. The highest BCUT2D eigenvalue weighted by molar-refractivity contribution is 7.13. The second-order valence-electron chi connectivity index (χ2n) is 17.0. The molecule has 2 fully saturated rings. The van der Waals surface area contributed by atoms with E-state index in [1.807, 2.05) is 82.6 Å². The zero-order chi connectivity index (χ0) is 42.3. The van der Waals surface area contributed by atoms with Gasteiger partial charge in [-0.05, 0) is 80.1 Å². The molecule has 3 atom stereocenters. The molecule has 2 aliphatic heterocycles. The number of hydrogen-bond acceptors (Lipinski definition) is 12. The normalized spacial score (nSPS) is 18.0. The number of likely N-dealkylation sites (tertiary alicyclic amines) is 2. The number of para-hydroxylation sites is 1. The van der Waals surface area contributed by atoms with E-state index in [1.165, 1.54) is 4.90 Å². The predicted octanol–water partition coefficient (Wildman–Crippen LogP) is 6.68. The monoisotopic (exact) mass is 832 g/mol. The lowest BCUT2D eigenvalue weighted by atomic mass is 9.91. The van der Waals surface area contributed by atoms with Gasteiger partial charge in [-0.1, -0.05) is 50.2 Å². The molecule has 2 amide bonds. The zero-order valence-corrected chi connectivity index (χ0v) is 35.6. The van der Waals surface area contributed by atoms with E-state index in [-0.39, 0.29) is 36.4 Å². The molecule has 4 aromatic heterocycles. The maximum absolute atomic E-state index is 14.2. The van der Waals surface area contributed by atoms with Crippen LogP contribution in [0, 0.1) is 19.8 Å². The van der Waals surface area contributed by atoms with Crippen LogP contribution in [0.2, 0.25) is 0 Å². The number of nitrogens with one attached hydrogen (secondary N) is 2. The molecule has 14 nitrogen and oxygen atoms in total. The van der Waals surface area contributed by atoms with Crippen molar-refractivity contribution >= 4 is 34.2 Å². The largest absolute Gasteiger partial charge is 0.507 e. The maximum atomic E-state index is 14.2. The summed E-state index contributed by atoms with van der Waals surface area (Å²) < 4.78 is 11.7. The predicted molar refractivity (Wildman–Crippen MR) is 229 cm³/mol. The molecule has 15 heteroatoms. The molecular formula is C45H52N8O6S. The Bertz CT molecular complexity index is 2490. The van der Waals surface area contributed by atoms with Gasteiger partial charge in [-0.15, -0.1) is 21.5 Å². The third kappa shape index (κ3) is 8.25. The smallest absolute Gasteiger partial charge is 0.254 e. The second kappa shape index (κ2) is 16.8. The number of aromatic nitrogens is 5. The number of β-amino-alcohol motifs (C(OH)–C–C–N with tert-alkyl or cyclic N) is 1. The number of phenolic OH excluding ortho intramolecular Hbond substituents is 1. The molecule has 60 heavy (non-hydrogen) atoms. The Morgan fingerprint density at radius 3 is 2.55 bits per heavy atom. The number of carbonyl (C=O) groups excluding carboxylic acids is 2. The first kappa shape index (κ1) is 41.1. The average molecular weight is 833 g/mol. The minimum Gasteiger partial charge on any atom is -0.507 e. The summed E-state index contributed by atoms with van der Waals surface area (Å²) >= 11 is 1.59. The third-order valence-electron chi connectivity index (χ3n) is 11.9. The summed E-state index contributed by atoms with van der Waals surface area (Å²) in [6.45, 7) is 14.9. The molecule has 0 spiro atoms. The molecule has 4 N–H and O–H groups in total. The quantitative estimate of drug-likeness (QED) is 0.0860. The average Bonchev–Trinajstić information content (AvgIpc) is 4.01. The Hall–Kier alpha value is -5.64. The number of H-pyrrole nitrogens is 1. The number of fused-ring (bicyclic) bond motifs is 1. The van der Waals surface area contributed by atoms with E-state index in [2.05, 4.69) is 42.5 Å². The number of aliphatic hydroxyl groups excluding tert-OH is 1. The van der Waals surface area contributed by atoms with Crippen molar-refractivity contribution in [3.8, 4) is 33.3 Å². The fourth-order valence-electron chi connectivity index (χ4n) is 8.55. The van der Waals surface area contributed by atoms with Gasteiger partial charge < -0.3 is 39.6 Å². The van der Waals surface area contributed by atoms with Crippen LogP contribution in [0.5, 0.6) is 11.6 Å². The molecule has 0 unspecified atom stereocenters. The van der Waals surface area contributed by atoms with Crippen molar-refractivity contribution in [1.82, 2.24) is 40.4 Å². The Kier molecular flexibility index (Phi) is 11.5. The van der Waals surface area contributed by atoms with Gasteiger partial charge in [-0.2, -0.15) is 0 Å². The number of aliphatic hydroxyl groups is 1. The molecule has 2 aromatic carbocycles. The SMILES string of the molecule is Cc1ncsc1-c1ccc(C(C)(C)NC(=O)[C@@H]2C[C@@H](O)CN2C(=O)[C@@H](c2cc(OCCCN3CC(c4[nH]c5nnc(-c6ccccc6O)cc5c4C)C3)no2)C(C)C)cc1. The lowest BCUT2D eigenvalue weighted by Gasteiger charge is -2.39. The summed E-state index contributed by atoms with van der Waals surface area (Å²) in [4.78, 5) is 40.9. The van der Waals surface area contributed by atoms with Crippen molar-refractivity contribution in [2.24, 2.45) is 5.92 Å². The van der Waals surface area contributed by atoms with Gasteiger partial charge in [0.15, 0.2) is 11.4 Å². The van der Waals surface area contributed by atoms with Crippen molar-refractivity contribution < 1.29 is 29.1 Å². The van der Waals surface area contributed by atoms with E-state index in [9.17, 15) is 19.8 Å². The van der Waals surface area contributed by atoms with Gasteiger partial charge in [0.25, 0.3) is 5.88 Å². The van der Waals surface area contributed by atoms with Crippen LogP contribution in [0.4, 0.5) is 0 Å². The van der Waals surface area contributed by atoms with Crippen molar-refractivity contribution in [3.63, 3.8) is 0 Å². The Labute approximate surface area is 353 Å². The Morgan fingerprint density at radius 2 is 1.83 bits per heavy atom. The standard InChI is InChI=1S/C45H52N8O6S/c1-25(2)39(44(57)53-23-31(54)18-35(53)43(56)48-45(5,6)30-14-12-28(13-15-30)41-27(4)46-24-60-41)37-20-38(51-59-37)58-17-9-16-52-21-29(22-52)40-26(3)33-19-34(49-50-42(33)47-40)32-10-7-8-11-36(32)55/h7-8,10-15,19-20,24-25,29,31,35,39,54-55H,9,16-18,21-23H2,1-6H3,(H,47,50)(H,48,56)/t31-,35+,39-/m1/s1. The van der Waals surface area contributed by atoms with Crippen molar-refractivity contribution in [2.75, 3.05) is 32.8 Å². The number of aromatic amines is 1. The number of carbonyl (C=O) groups is 2. The third-order valence-corrected chi connectivity index (χ3v) is 12.9. The van der Waals surface area contributed by atoms with Gasteiger partial charge in [0.05, 0.1) is 40.0 Å². The van der Waals surface area contributed by atoms with Crippen molar-refractivity contribution in [2.45, 2.75) is 83.9 Å². The molecule has 2 aliphatic rings. The maximum Gasteiger partial charge on any atom is 0.254 e. The molecule has 6 aromatic rings. The van der Waals surface area contributed by atoms with E-state index >= 15 is 0 Å². The number of ether oxygens (including phenoxy) is 1. The fraction of sp³-hybridized carbons (Fsp3) is 0.422. The van der Waals surface area contributed by atoms with Crippen LogP contribution in [-0.4, -0.2) is 102 Å². The lowest BCUT2D eigenvalue weighted by molar-refractivity contribution is -0.141. The molecule has 314 valence electrons. The molecule has 0 radical (unpaired) electrons. The minimum absolute atomic E-state index is 0.0485. The molecule has 0 bridgehead atoms. The number of aryl methyl sites for hydroxylation is 2. The Balaban J connectivity index is 0.834. The number of aromatic hydroxyl groups is 1. The van der Waals surface area contributed by atoms with Crippen LogP contribution in [0.25, 0.3) is 32.7 Å². The van der Waals surface area contributed by atoms with Crippen LogP contribution >= 0.6 is 11.3 Å². The molecule has 6 heterocycles. The van der Waals surface area contributed by atoms with Gasteiger partial charge in [-0.3, -0.25) is 9.59 Å². The highest BCUT2D eigenvalue weighted by atomic mass is 32.1. The van der Waals surface area contributed by atoms with E-state index in [4.69, 9.17) is 9.26 Å². The van der Waals surface area contributed by atoms with E-state index in [0.29, 0.717) is 35.4 Å². The summed E-state index contributed by atoms with van der Waals surface area (Å²) in [6, 6.07) is 18.0. The molecule has 2 saturated heterocycles. The highest BCUT2D eigenvalue weighted by Crippen LogP contribution is 2.36. The number of amides is 2. The molecular weight excluding hydrogens is 781 g/mol. The number of rotatable bonds is 14. The molecule has 0 aliphatic carbocycles. The van der Waals surface area contributed by atoms with Crippen molar-refractivity contribution in [3.05, 3.63) is 94.4 Å². The van der Waals surface area contributed by atoms with E-state index in [1.54, 1.807) is 29.5 Å².